The Kier molecular flexibility index (Phi) is 7.57. The van der Waals surface area contributed by atoms with Gasteiger partial charge in [0.05, 0.1) is 12.7 Å². The van der Waals surface area contributed by atoms with Crippen LogP contribution in [0.5, 0.6) is 11.6 Å². The molecule has 2 fully saturated rings. The van der Waals surface area contributed by atoms with Crippen molar-refractivity contribution in [2.24, 2.45) is 0 Å². The van der Waals surface area contributed by atoms with Crippen LogP contribution in [-0.2, 0) is 6.42 Å². The van der Waals surface area contributed by atoms with Gasteiger partial charge in [-0.1, -0.05) is 6.07 Å². The Morgan fingerprint density at radius 2 is 2.00 bits per heavy atom. The molecule has 0 spiro atoms. The minimum Gasteiger partial charge on any atom is -0.508 e. The maximum Gasteiger partial charge on any atom is 0.227 e. The van der Waals surface area contributed by atoms with Gasteiger partial charge in [-0.05, 0) is 81.1 Å². The summed E-state index contributed by atoms with van der Waals surface area (Å²) in [5.41, 5.74) is -0.277. The zero-order chi connectivity index (χ0) is 29.6. The Balaban J connectivity index is 1.53. The van der Waals surface area contributed by atoms with Crippen LogP contribution in [0.2, 0.25) is 0 Å². The number of nitrogens with zero attached hydrogens (tertiary/aromatic N) is 4. The molecule has 4 heterocycles. The summed E-state index contributed by atoms with van der Waals surface area (Å²) in [7, 11) is 0. The Bertz CT molecular complexity index is 1650. The van der Waals surface area contributed by atoms with Crippen molar-refractivity contribution in [2.75, 3.05) is 31.6 Å². The molecule has 3 N–H and O–H groups in total. The van der Waals surface area contributed by atoms with Gasteiger partial charge in [0.25, 0.3) is 0 Å². The zero-order valence-corrected chi connectivity index (χ0v) is 23.6. The number of aryl methyl sites for hydroxylation is 1. The van der Waals surface area contributed by atoms with E-state index in [1.165, 1.54) is 30.3 Å². The molecule has 2 aromatic heterocycles. The molecule has 0 unspecified atom stereocenters. The van der Waals surface area contributed by atoms with Crippen molar-refractivity contribution < 1.29 is 28.1 Å². The Hall–Kier alpha value is -3.70. The first-order valence-corrected chi connectivity index (χ1v) is 14.4. The van der Waals surface area contributed by atoms with Gasteiger partial charge in [0, 0.05) is 30.6 Å². The van der Waals surface area contributed by atoms with Gasteiger partial charge in [0.2, 0.25) is 5.88 Å². The second-order valence-corrected chi connectivity index (χ2v) is 11.5. The van der Waals surface area contributed by atoms with Gasteiger partial charge in [0.1, 0.15) is 46.0 Å². The summed E-state index contributed by atoms with van der Waals surface area (Å²) in [5.74, 6) is -0.734. The van der Waals surface area contributed by atoms with E-state index in [1.807, 2.05) is 0 Å². The highest BCUT2D eigenvalue weighted by molar-refractivity contribution is 6.01. The summed E-state index contributed by atoms with van der Waals surface area (Å²) >= 11 is 0. The number of aromatic nitrogens is 3. The lowest BCUT2D eigenvalue weighted by atomic mass is 9.88. The van der Waals surface area contributed by atoms with Crippen molar-refractivity contribution >= 4 is 27.5 Å². The third-order valence-corrected chi connectivity index (χ3v) is 8.28. The largest absolute Gasteiger partial charge is 0.508 e. The summed E-state index contributed by atoms with van der Waals surface area (Å²) in [6.45, 7) is 4.86. The van der Waals surface area contributed by atoms with Crippen molar-refractivity contribution in [3.05, 3.63) is 47.8 Å². The van der Waals surface area contributed by atoms with Gasteiger partial charge in [-0.15, -0.1) is 0 Å². The molecule has 0 aliphatic carbocycles. The van der Waals surface area contributed by atoms with Gasteiger partial charge in [0.15, 0.2) is 5.82 Å². The summed E-state index contributed by atoms with van der Waals surface area (Å²) in [4.78, 5) is 16.1. The van der Waals surface area contributed by atoms with Crippen molar-refractivity contribution in [3.63, 3.8) is 0 Å². The van der Waals surface area contributed by atoms with Crippen LogP contribution in [0.4, 0.5) is 19.0 Å². The molecule has 222 valence electrons. The van der Waals surface area contributed by atoms with Gasteiger partial charge < -0.3 is 20.3 Å². The highest BCUT2D eigenvalue weighted by atomic mass is 19.1. The SMILES string of the molecule is CC(C)Oc1nc(-c2cc(O)cc3ccc(F)cc23)c(F)c2nc(CC[C@@]34CCCN3C[C@H](F)C4)nc(NCCO)c12. The normalized spacial score (nSPS) is 20.6. The number of rotatable bonds is 9. The minimum atomic E-state index is -0.867. The smallest absolute Gasteiger partial charge is 0.227 e. The fourth-order valence-electron chi connectivity index (χ4n) is 6.55. The van der Waals surface area contributed by atoms with Crippen LogP contribution < -0.4 is 10.1 Å². The van der Waals surface area contributed by atoms with E-state index < -0.39 is 17.8 Å². The average molecular weight is 582 g/mol. The molecule has 8 nitrogen and oxygen atoms in total. The summed E-state index contributed by atoms with van der Waals surface area (Å²) in [6, 6.07) is 6.85. The molecule has 2 aromatic carbocycles. The molecule has 42 heavy (non-hydrogen) atoms. The van der Waals surface area contributed by atoms with Crippen molar-refractivity contribution in [2.45, 2.75) is 63.8 Å². The first kappa shape index (κ1) is 28.4. The van der Waals surface area contributed by atoms with E-state index in [0.29, 0.717) is 42.4 Å². The number of aromatic hydroxyl groups is 1. The molecule has 0 bridgehead atoms. The zero-order valence-electron chi connectivity index (χ0n) is 23.6. The lowest BCUT2D eigenvalue weighted by Crippen LogP contribution is -2.38. The summed E-state index contributed by atoms with van der Waals surface area (Å²) in [6.07, 6.45) is 2.18. The average Bonchev–Trinajstić information content (AvgIpc) is 3.47. The number of hydrogen-bond acceptors (Lipinski definition) is 8. The molecule has 0 saturated carbocycles. The molecule has 0 amide bonds. The number of nitrogens with one attached hydrogen (secondary N) is 1. The Morgan fingerprint density at radius 1 is 1.17 bits per heavy atom. The van der Waals surface area contributed by atoms with E-state index in [9.17, 15) is 19.0 Å². The quantitative estimate of drug-likeness (QED) is 0.237. The molecule has 2 aliphatic heterocycles. The van der Waals surface area contributed by atoms with Crippen LogP contribution in [-0.4, -0.2) is 74.1 Å². The summed E-state index contributed by atoms with van der Waals surface area (Å²) in [5, 5.41) is 24.1. The molecule has 4 aromatic rings. The third kappa shape index (κ3) is 5.20. The third-order valence-electron chi connectivity index (χ3n) is 8.28. The van der Waals surface area contributed by atoms with Crippen LogP contribution in [0.1, 0.15) is 45.4 Å². The van der Waals surface area contributed by atoms with Crippen molar-refractivity contribution in [1.29, 1.82) is 0 Å². The minimum absolute atomic E-state index is 0.0513. The van der Waals surface area contributed by atoms with Gasteiger partial charge in [-0.2, -0.15) is 0 Å². The number of aliphatic hydroxyl groups is 1. The van der Waals surface area contributed by atoms with Gasteiger partial charge in [-0.25, -0.2) is 28.1 Å². The number of phenolic OH excluding ortho intramolecular Hbond substituents is 1. The number of alkyl halides is 1. The molecule has 0 radical (unpaired) electrons. The summed E-state index contributed by atoms with van der Waals surface area (Å²) < 4.78 is 51.3. The molecule has 2 atom stereocenters. The van der Waals surface area contributed by atoms with E-state index in [2.05, 4.69) is 20.2 Å². The van der Waals surface area contributed by atoms with E-state index in [-0.39, 0.29) is 64.4 Å². The highest BCUT2D eigenvalue weighted by Crippen LogP contribution is 2.44. The predicted molar refractivity (Wildman–Crippen MR) is 155 cm³/mol. The van der Waals surface area contributed by atoms with E-state index in [0.717, 1.165) is 19.4 Å². The maximum absolute atomic E-state index is 16.6. The van der Waals surface area contributed by atoms with E-state index in [4.69, 9.17) is 9.72 Å². The van der Waals surface area contributed by atoms with Crippen LogP contribution in [0.25, 0.3) is 32.9 Å². The second-order valence-electron chi connectivity index (χ2n) is 11.5. The molecule has 11 heteroatoms. The van der Waals surface area contributed by atoms with Crippen LogP contribution in [0.3, 0.4) is 0 Å². The fraction of sp³-hybridized carbons (Fsp3) is 0.452. The van der Waals surface area contributed by atoms with Crippen LogP contribution >= 0.6 is 0 Å². The Morgan fingerprint density at radius 3 is 2.79 bits per heavy atom. The van der Waals surface area contributed by atoms with Gasteiger partial charge >= 0.3 is 0 Å². The van der Waals surface area contributed by atoms with E-state index >= 15 is 4.39 Å². The standard InChI is InChI=1S/C31H34F3N5O3/c1-17(2)42-30-25-28(26(34)27(38-30)23-14-21(41)12-18-4-5-19(32)13-22(18)23)36-24(37-29(25)35-9-11-40)6-8-31-7-3-10-39(31)16-20(33)15-31/h4-5,12-14,17,20,40-41H,3,6-11,15-16H2,1-2H3,(H,35,36,37)/t20-,31-/m1/s1. The molecular weight excluding hydrogens is 547 g/mol. The van der Waals surface area contributed by atoms with Crippen molar-refractivity contribution in [1.82, 2.24) is 19.9 Å². The number of anilines is 1. The second kappa shape index (κ2) is 11.2. The Labute approximate surface area is 241 Å². The van der Waals surface area contributed by atoms with Crippen LogP contribution in [0, 0.1) is 11.6 Å². The number of pyridine rings is 1. The number of halogens is 3. The number of ether oxygens (including phenoxy) is 1. The lowest BCUT2D eigenvalue weighted by Gasteiger charge is -2.31. The number of aliphatic hydroxyl groups excluding tert-OH is 1. The number of benzene rings is 2. The van der Waals surface area contributed by atoms with E-state index in [1.54, 1.807) is 13.8 Å². The predicted octanol–water partition coefficient (Wildman–Crippen LogP) is 5.53. The molecule has 2 aliphatic rings. The number of hydrogen-bond donors (Lipinski definition) is 3. The van der Waals surface area contributed by atoms with Gasteiger partial charge in [-0.3, -0.25) is 4.90 Å². The topological polar surface area (TPSA) is 104 Å². The molecular formula is C31H34F3N5O3. The van der Waals surface area contributed by atoms with Crippen molar-refractivity contribution in [3.8, 4) is 22.9 Å². The monoisotopic (exact) mass is 581 g/mol. The number of phenols is 1. The fourth-order valence-corrected chi connectivity index (χ4v) is 6.55. The highest BCUT2D eigenvalue weighted by Gasteiger charge is 2.48. The van der Waals surface area contributed by atoms with Crippen LogP contribution in [0.15, 0.2) is 30.3 Å². The molecule has 6 rings (SSSR count). The number of fused-ring (bicyclic) bond motifs is 3. The first-order chi connectivity index (χ1) is 20.2. The maximum atomic E-state index is 16.6. The molecule has 2 saturated heterocycles. The lowest BCUT2D eigenvalue weighted by molar-refractivity contribution is 0.181. The first-order valence-electron chi connectivity index (χ1n) is 14.4.